The summed E-state index contributed by atoms with van der Waals surface area (Å²) in [7, 11) is 0. The van der Waals surface area contributed by atoms with E-state index >= 15 is 0 Å². The third kappa shape index (κ3) is 3.17. The van der Waals surface area contributed by atoms with Gasteiger partial charge in [0.2, 0.25) is 0 Å². The average Bonchev–Trinajstić information content (AvgIpc) is 1.72. The summed E-state index contributed by atoms with van der Waals surface area (Å²) in [5.41, 5.74) is 0. The van der Waals surface area contributed by atoms with Gasteiger partial charge in [-0.15, -0.1) is 0 Å². The summed E-state index contributed by atoms with van der Waals surface area (Å²) in [6.45, 7) is 6.98. The van der Waals surface area contributed by atoms with Gasteiger partial charge in [0.1, 0.15) is 0 Å². The van der Waals surface area contributed by atoms with Crippen molar-refractivity contribution in [1.29, 1.82) is 0 Å². The molecule has 0 amide bonds. The number of rotatable bonds is 3. The van der Waals surface area contributed by atoms with Crippen LogP contribution in [0.3, 0.4) is 0 Å². The van der Waals surface area contributed by atoms with Crippen molar-refractivity contribution in [3.8, 4) is 0 Å². The summed E-state index contributed by atoms with van der Waals surface area (Å²) in [4.78, 5) is 0. The first-order valence-corrected chi connectivity index (χ1v) is 7.05. The van der Waals surface area contributed by atoms with Gasteiger partial charge in [-0.1, -0.05) is 0 Å². The van der Waals surface area contributed by atoms with Crippen LogP contribution in [0.1, 0.15) is 20.8 Å². The fourth-order valence-electron chi connectivity index (χ4n) is 0.671. The van der Waals surface area contributed by atoms with Crippen LogP contribution in [0.15, 0.2) is 0 Å². The topological polar surface area (TPSA) is 0 Å². The van der Waals surface area contributed by atoms with Crippen molar-refractivity contribution in [3.63, 3.8) is 0 Å². The van der Waals surface area contributed by atoms with E-state index in [0.29, 0.717) is 0 Å². The molecule has 0 saturated heterocycles. The van der Waals surface area contributed by atoms with Crippen molar-refractivity contribution < 1.29 is 0 Å². The first-order valence-electron chi connectivity index (χ1n) is 3.07. The standard InChI is InChI=1S/C6H15As/c1-4-7(5-2)6-3/h4-6H2,1-3H3. The van der Waals surface area contributed by atoms with Crippen LogP contribution in [0.5, 0.6) is 0 Å². The first kappa shape index (κ1) is 7.56. The van der Waals surface area contributed by atoms with Gasteiger partial charge in [-0.3, -0.25) is 0 Å². The van der Waals surface area contributed by atoms with Crippen LogP contribution in [0.2, 0.25) is 15.6 Å². The summed E-state index contributed by atoms with van der Waals surface area (Å²) in [5, 5.41) is 4.50. The van der Waals surface area contributed by atoms with Crippen molar-refractivity contribution in [2.75, 3.05) is 0 Å². The van der Waals surface area contributed by atoms with E-state index in [0.717, 1.165) is 0 Å². The molecule has 0 atom stereocenters. The molecule has 0 aromatic heterocycles. The monoisotopic (exact) mass is 162 g/mol. The maximum absolute atomic E-state index is 2.33. The second-order valence-corrected chi connectivity index (χ2v) is 8.42. The van der Waals surface area contributed by atoms with Crippen LogP contribution in [0.4, 0.5) is 0 Å². The van der Waals surface area contributed by atoms with Gasteiger partial charge >= 0.3 is 51.0 Å². The zero-order valence-electron chi connectivity index (χ0n) is 5.57. The second kappa shape index (κ2) is 4.71. The van der Waals surface area contributed by atoms with Gasteiger partial charge in [0, 0.05) is 0 Å². The first-order chi connectivity index (χ1) is 3.35. The Hall–Kier alpha value is 0.558. The van der Waals surface area contributed by atoms with E-state index in [-0.39, 0.29) is 14.7 Å². The molecule has 0 radical (unpaired) electrons. The van der Waals surface area contributed by atoms with E-state index in [9.17, 15) is 0 Å². The molecular formula is C6H15As. The van der Waals surface area contributed by atoms with Crippen LogP contribution in [0, 0.1) is 0 Å². The minimum absolute atomic E-state index is 0.229. The SMILES string of the molecule is CC[As](CC)CC. The minimum atomic E-state index is -0.229. The maximum atomic E-state index is 2.33. The number of hydrogen-bond acceptors (Lipinski definition) is 0. The molecule has 0 saturated carbocycles. The predicted octanol–water partition coefficient (Wildman–Crippen LogP) is 2.54. The molecule has 0 rings (SSSR count). The molecule has 7 heavy (non-hydrogen) atoms. The van der Waals surface area contributed by atoms with Gasteiger partial charge in [-0.25, -0.2) is 0 Å². The molecule has 0 aromatic carbocycles. The van der Waals surface area contributed by atoms with Gasteiger partial charge in [-0.2, -0.15) is 0 Å². The Labute approximate surface area is 51.6 Å². The summed E-state index contributed by atoms with van der Waals surface area (Å²) < 4.78 is 0. The quantitative estimate of drug-likeness (QED) is 0.559. The van der Waals surface area contributed by atoms with Crippen molar-refractivity contribution in [1.82, 2.24) is 0 Å². The van der Waals surface area contributed by atoms with Crippen molar-refractivity contribution >= 4 is 14.7 Å². The molecule has 0 aliphatic carbocycles. The van der Waals surface area contributed by atoms with Gasteiger partial charge in [0.25, 0.3) is 0 Å². The summed E-state index contributed by atoms with van der Waals surface area (Å²) in [5.74, 6) is 0. The third-order valence-electron chi connectivity index (χ3n) is 1.34. The summed E-state index contributed by atoms with van der Waals surface area (Å²) in [6.07, 6.45) is 0. The molecule has 0 bridgehead atoms. The van der Waals surface area contributed by atoms with Crippen molar-refractivity contribution in [2.24, 2.45) is 0 Å². The van der Waals surface area contributed by atoms with Crippen molar-refractivity contribution in [2.45, 2.75) is 36.4 Å². The zero-order valence-corrected chi connectivity index (χ0v) is 7.45. The van der Waals surface area contributed by atoms with Crippen LogP contribution in [0.25, 0.3) is 0 Å². The molecule has 0 spiro atoms. The molecule has 0 heterocycles. The molecule has 0 aliphatic rings. The molecule has 0 N–H and O–H groups in total. The van der Waals surface area contributed by atoms with E-state index in [1.165, 1.54) is 15.6 Å². The Morgan fingerprint density at radius 1 is 0.857 bits per heavy atom. The van der Waals surface area contributed by atoms with E-state index in [2.05, 4.69) is 20.8 Å². The zero-order chi connectivity index (χ0) is 5.70. The van der Waals surface area contributed by atoms with E-state index in [4.69, 9.17) is 0 Å². The van der Waals surface area contributed by atoms with Crippen LogP contribution in [-0.2, 0) is 0 Å². The molecule has 0 unspecified atom stereocenters. The molecular weight excluding hydrogens is 147 g/mol. The Morgan fingerprint density at radius 3 is 1.14 bits per heavy atom. The van der Waals surface area contributed by atoms with Crippen LogP contribution in [-0.4, -0.2) is 14.7 Å². The normalized spacial score (nSPS) is 10.3. The van der Waals surface area contributed by atoms with Crippen molar-refractivity contribution in [3.05, 3.63) is 0 Å². The molecule has 0 aliphatic heterocycles. The Kier molecular flexibility index (Phi) is 5.09. The van der Waals surface area contributed by atoms with E-state index in [1.807, 2.05) is 0 Å². The second-order valence-electron chi connectivity index (χ2n) is 1.62. The molecule has 44 valence electrons. The predicted molar refractivity (Wildman–Crippen MR) is 37.2 cm³/mol. The van der Waals surface area contributed by atoms with E-state index < -0.39 is 0 Å². The Morgan fingerprint density at radius 2 is 1.14 bits per heavy atom. The fourth-order valence-corrected chi connectivity index (χ4v) is 3.49. The van der Waals surface area contributed by atoms with Gasteiger partial charge < -0.3 is 0 Å². The fraction of sp³-hybridized carbons (Fsp3) is 1.00. The summed E-state index contributed by atoms with van der Waals surface area (Å²) >= 11 is -0.229. The van der Waals surface area contributed by atoms with Gasteiger partial charge in [0.05, 0.1) is 0 Å². The molecule has 0 aromatic rings. The molecule has 1 heteroatoms. The van der Waals surface area contributed by atoms with Crippen LogP contribution < -0.4 is 0 Å². The number of hydrogen-bond donors (Lipinski definition) is 0. The van der Waals surface area contributed by atoms with Crippen LogP contribution >= 0.6 is 0 Å². The third-order valence-corrected chi connectivity index (χ3v) is 6.97. The molecule has 0 fully saturated rings. The van der Waals surface area contributed by atoms with Gasteiger partial charge in [0.15, 0.2) is 0 Å². The van der Waals surface area contributed by atoms with Gasteiger partial charge in [-0.05, 0) is 0 Å². The Bertz CT molecular complexity index is 25.7. The average molecular weight is 162 g/mol. The molecule has 0 nitrogen and oxygen atoms in total. The van der Waals surface area contributed by atoms with E-state index in [1.54, 1.807) is 0 Å². The Balaban J connectivity index is 2.99. The summed E-state index contributed by atoms with van der Waals surface area (Å²) in [6, 6.07) is 0.